The number of hydrogen-bond acceptors (Lipinski definition) is 3. The number of aromatic nitrogens is 1. The van der Waals surface area contributed by atoms with Gasteiger partial charge in [-0.3, -0.25) is 5.32 Å². The van der Waals surface area contributed by atoms with Crippen molar-refractivity contribution in [2.45, 2.75) is 6.92 Å². The van der Waals surface area contributed by atoms with Crippen molar-refractivity contribution in [1.29, 1.82) is 0 Å². The third-order valence-corrected chi connectivity index (χ3v) is 0.879. The molecule has 0 atom stereocenters. The summed E-state index contributed by atoms with van der Waals surface area (Å²) in [5.74, 6) is 0.966. The Morgan fingerprint density at radius 1 is 1.75 bits per heavy atom. The van der Waals surface area contributed by atoms with Crippen LogP contribution in [0.15, 0.2) is 10.6 Å². The van der Waals surface area contributed by atoms with Crippen LogP contribution in [-0.4, -0.2) is 16.7 Å². The van der Waals surface area contributed by atoms with E-state index in [1.165, 1.54) is 0 Å². The van der Waals surface area contributed by atoms with Crippen LogP contribution in [-0.2, 0) is 0 Å². The summed E-state index contributed by atoms with van der Waals surface area (Å²) in [5, 5.41) is 5.73. The number of aryl methyl sites for hydroxylation is 1. The minimum absolute atomic E-state index is 0. The zero-order chi connectivity index (χ0) is 7.56. The Bertz CT molecular complexity index is 250. The maximum atomic E-state index is 10.2. The Hall–Kier alpha value is -1.27. The van der Waals surface area contributed by atoms with Gasteiger partial charge in [-0.15, -0.1) is 12.4 Å². The van der Waals surface area contributed by atoms with Crippen LogP contribution in [0.3, 0.4) is 0 Å². The van der Waals surface area contributed by atoms with Crippen LogP contribution < -0.4 is 11.1 Å². The topological polar surface area (TPSA) is 113 Å². The molecule has 0 bridgehead atoms. The number of rotatable bonds is 1. The van der Waals surface area contributed by atoms with Crippen LogP contribution in [0.4, 0.5) is 10.6 Å². The first-order valence-electron chi connectivity index (χ1n) is 2.68. The Morgan fingerprint density at radius 3 is 2.67 bits per heavy atom. The minimum Gasteiger partial charge on any atom is -0.412 e. The smallest absolute Gasteiger partial charge is 0.317 e. The van der Waals surface area contributed by atoms with Gasteiger partial charge in [0.2, 0.25) is 0 Å². The zero-order valence-corrected chi connectivity index (χ0v) is 7.14. The first-order valence-corrected chi connectivity index (χ1v) is 2.68. The molecule has 7 heteroatoms. The highest BCUT2D eigenvalue weighted by atomic mass is 35.5. The molecule has 0 radical (unpaired) electrons. The summed E-state index contributed by atoms with van der Waals surface area (Å²) in [5.41, 5.74) is 4.80. The molecule has 1 aromatic rings. The molecule has 0 aromatic carbocycles. The minimum atomic E-state index is -0.645. The van der Waals surface area contributed by atoms with Gasteiger partial charge in [0, 0.05) is 6.07 Å². The van der Waals surface area contributed by atoms with Crippen LogP contribution in [0.1, 0.15) is 5.76 Å². The summed E-state index contributed by atoms with van der Waals surface area (Å²) in [6, 6.07) is 0.929. The lowest BCUT2D eigenvalue weighted by Crippen LogP contribution is -2.19. The molecule has 2 amide bonds. The SMILES string of the molecule is Cc1cc(NC(N)=O)no1.Cl.O. The molecule has 12 heavy (non-hydrogen) atoms. The Balaban J connectivity index is 0. The fourth-order valence-corrected chi connectivity index (χ4v) is 0.552. The van der Waals surface area contributed by atoms with Crippen LogP contribution in [0, 0.1) is 6.92 Å². The second kappa shape index (κ2) is 5.39. The molecule has 6 nitrogen and oxygen atoms in total. The number of halogens is 1. The Morgan fingerprint density at radius 2 is 2.33 bits per heavy atom. The van der Waals surface area contributed by atoms with E-state index >= 15 is 0 Å². The second-order valence-corrected chi connectivity index (χ2v) is 1.81. The van der Waals surface area contributed by atoms with E-state index in [1.54, 1.807) is 13.0 Å². The molecule has 0 saturated heterocycles. The lowest BCUT2D eigenvalue weighted by atomic mass is 10.5. The highest BCUT2D eigenvalue weighted by Crippen LogP contribution is 2.05. The average Bonchev–Trinajstić information content (AvgIpc) is 2.13. The number of nitrogens with one attached hydrogen (secondary N) is 1. The number of nitrogens with two attached hydrogens (primary N) is 1. The third-order valence-electron chi connectivity index (χ3n) is 0.879. The van der Waals surface area contributed by atoms with Gasteiger partial charge in [-0.25, -0.2) is 4.79 Å². The molecule has 1 rings (SSSR count). The third kappa shape index (κ3) is 3.79. The van der Waals surface area contributed by atoms with Crippen molar-refractivity contribution in [1.82, 2.24) is 5.16 Å². The predicted molar refractivity (Wildman–Crippen MR) is 45.3 cm³/mol. The molecular formula is C5H10ClN3O3. The number of hydrogen-bond donors (Lipinski definition) is 2. The molecule has 0 aliphatic rings. The normalized spacial score (nSPS) is 7.75. The Labute approximate surface area is 74.8 Å². The molecule has 0 fully saturated rings. The maximum Gasteiger partial charge on any atom is 0.317 e. The number of primary amides is 1. The molecule has 0 unspecified atom stereocenters. The van der Waals surface area contributed by atoms with Gasteiger partial charge in [0.05, 0.1) is 0 Å². The van der Waals surface area contributed by atoms with Crippen molar-refractivity contribution in [2.24, 2.45) is 5.73 Å². The second-order valence-electron chi connectivity index (χ2n) is 1.81. The van der Waals surface area contributed by atoms with E-state index in [2.05, 4.69) is 15.0 Å². The quantitative estimate of drug-likeness (QED) is 0.661. The van der Waals surface area contributed by atoms with E-state index in [4.69, 9.17) is 5.73 Å². The maximum absolute atomic E-state index is 10.2. The van der Waals surface area contributed by atoms with E-state index in [9.17, 15) is 4.79 Å². The summed E-state index contributed by atoms with van der Waals surface area (Å²) in [4.78, 5) is 10.2. The number of carbonyl (C=O) groups is 1. The summed E-state index contributed by atoms with van der Waals surface area (Å²) in [7, 11) is 0. The monoisotopic (exact) mass is 195 g/mol. The molecule has 0 saturated carbocycles. The van der Waals surface area contributed by atoms with Gasteiger partial charge < -0.3 is 15.7 Å². The van der Waals surface area contributed by atoms with Crippen molar-refractivity contribution in [3.63, 3.8) is 0 Å². The van der Waals surface area contributed by atoms with Crippen molar-refractivity contribution < 1.29 is 14.8 Å². The lowest BCUT2D eigenvalue weighted by molar-refractivity contribution is 0.259. The number of carbonyl (C=O) groups excluding carboxylic acids is 1. The summed E-state index contributed by atoms with van der Waals surface area (Å²) >= 11 is 0. The van der Waals surface area contributed by atoms with Crippen molar-refractivity contribution in [3.05, 3.63) is 11.8 Å². The van der Waals surface area contributed by atoms with Gasteiger partial charge in [-0.05, 0) is 6.92 Å². The van der Waals surface area contributed by atoms with Crippen LogP contribution >= 0.6 is 12.4 Å². The Kier molecular flexibility index (Phi) is 5.99. The first kappa shape index (κ1) is 13.3. The summed E-state index contributed by atoms with van der Waals surface area (Å²) < 4.78 is 4.65. The zero-order valence-electron chi connectivity index (χ0n) is 6.33. The molecule has 0 aliphatic heterocycles. The number of anilines is 1. The molecule has 70 valence electrons. The van der Waals surface area contributed by atoms with Crippen molar-refractivity contribution in [3.8, 4) is 0 Å². The largest absolute Gasteiger partial charge is 0.412 e. The summed E-state index contributed by atoms with van der Waals surface area (Å²) in [6.07, 6.45) is 0. The van der Waals surface area contributed by atoms with E-state index in [1.807, 2.05) is 0 Å². The average molecular weight is 196 g/mol. The van der Waals surface area contributed by atoms with Gasteiger partial charge in [0.15, 0.2) is 5.82 Å². The molecule has 1 aromatic heterocycles. The van der Waals surface area contributed by atoms with E-state index in [0.29, 0.717) is 11.6 Å². The van der Waals surface area contributed by atoms with Gasteiger partial charge in [0.25, 0.3) is 0 Å². The number of urea groups is 1. The van der Waals surface area contributed by atoms with Crippen LogP contribution in [0.25, 0.3) is 0 Å². The molecule has 1 heterocycles. The standard InChI is InChI=1S/C5H7N3O2.ClH.H2O/c1-3-2-4(8-10-3)7-5(6)9;;/h2H,1H3,(H3,6,7,8,9);1H;1H2. The van der Waals surface area contributed by atoms with Gasteiger partial charge >= 0.3 is 6.03 Å². The lowest BCUT2D eigenvalue weighted by Gasteiger charge is -1.89. The van der Waals surface area contributed by atoms with Crippen LogP contribution in [0.2, 0.25) is 0 Å². The highest BCUT2D eigenvalue weighted by Gasteiger charge is 1.99. The van der Waals surface area contributed by atoms with Crippen molar-refractivity contribution in [2.75, 3.05) is 5.32 Å². The van der Waals surface area contributed by atoms with Crippen molar-refractivity contribution >= 4 is 24.3 Å². The van der Waals surface area contributed by atoms with Gasteiger partial charge in [-0.1, -0.05) is 5.16 Å². The first-order chi connectivity index (χ1) is 4.68. The van der Waals surface area contributed by atoms with E-state index < -0.39 is 6.03 Å². The predicted octanol–water partition coefficient (Wildman–Crippen LogP) is 0.0707. The molecule has 0 aliphatic carbocycles. The number of nitrogens with zero attached hydrogens (tertiary/aromatic N) is 1. The van der Waals surface area contributed by atoms with E-state index in [0.717, 1.165) is 0 Å². The molecule has 0 spiro atoms. The molecule has 5 N–H and O–H groups in total. The number of amides is 2. The fourth-order valence-electron chi connectivity index (χ4n) is 0.552. The van der Waals surface area contributed by atoms with Crippen LogP contribution in [0.5, 0.6) is 0 Å². The van der Waals surface area contributed by atoms with E-state index in [-0.39, 0.29) is 17.9 Å². The molecular weight excluding hydrogens is 186 g/mol. The fraction of sp³-hybridized carbons (Fsp3) is 0.200. The van der Waals surface area contributed by atoms with Gasteiger partial charge in [0.1, 0.15) is 5.76 Å². The highest BCUT2D eigenvalue weighted by molar-refractivity contribution is 5.86. The van der Waals surface area contributed by atoms with Gasteiger partial charge in [-0.2, -0.15) is 0 Å². The summed E-state index contributed by atoms with van der Waals surface area (Å²) in [6.45, 7) is 1.72.